The Morgan fingerprint density at radius 3 is 2.69 bits per heavy atom. The average molecular weight is 394 g/mol. The van der Waals surface area contributed by atoms with Gasteiger partial charge in [0.2, 0.25) is 5.91 Å². The smallest absolute Gasteiger partial charge is 0.237 e. The van der Waals surface area contributed by atoms with Gasteiger partial charge in [-0.15, -0.1) is 0 Å². The van der Waals surface area contributed by atoms with E-state index in [0.717, 1.165) is 32.4 Å². The van der Waals surface area contributed by atoms with Crippen LogP contribution in [0.1, 0.15) is 48.9 Å². The number of carbonyl (C=O) groups excluding carboxylic acids is 1. The van der Waals surface area contributed by atoms with E-state index in [2.05, 4.69) is 56.4 Å². The van der Waals surface area contributed by atoms with Gasteiger partial charge in [-0.3, -0.25) is 14.6 Å². The van der Waals surface area contributed by atoms with Crippen LogP contribution in [0.5, 0.6) is 0 Å². The summed E-state index contributed by atoms with van der Waals surface area (Å²) in [5, 5.41) is 3.43. The SMILES string of the molecule is CN1Cc2ccccc2CC1C(=O)NC1C[C@H]2CCC[C@@H](C1)N2Cc1cnc[nH]1. The van der Waals surface area contributed by atoms with E-state index >= 15 is 0 Å². The van der Waals surface area contributed by atoms with Crippen molar-refractivity contribution < 1.29 is 4.79 Å². The molecule has 4 atom stereocenters. The molecule has 29 heavy (non-hydrogen) atoms. The van der Waals surface area contributed by atoms with Gasteiger partial charge in [-0.1, -0.05) is 30.7 Å². The summed E-state index contributed by atoms with van der Waals surface area (Å²) in [4.78, 5) is 25.4. The van der Waals surface area contributed by atoms with Gasteiger partial charge >= 0.3 is 0 Å². The van der Waals surface area contributed by atoms with Crippen LogP contribution in [0.15, 0.2) is 36.8 Å². The summed E-state index contributed by atoms with van der Waals surface area (Å²) < 4.78 is 0. The highest BCUT2D eigenvalue weighted by molar-refractivity contribution is 5.82. The van der Waals surface area contributed by atoms with Crippen LogP contribution >= 0.6 is 0 Å². The quantitative estimate of drug-likeness (QED) is 0.838. The van der Waals surface area contributed by atoms with Crippen molar-refractivity contribution in [1.82, 2.24) is 25.1 Å². The molecule has 6 heteroatoms. The Morgan fingerprint density at radius 2 is 1.97 bits per heavy atom. The summed E-state index contributed by atoms with van der Waals surface area (Å²) in [7, 11) is 2.07. The zero-order valence-corrected chi connectivity index (χ0v) is 17.2. The van der Waals surface area contributed by atoms with Crippen LogP contribution in [0.3, 0.4) is 0 Å². The summed E-state index contributed by atoms with van der Waals surface area (Å²) >= 11 is 0. The third kappa shape index (κ3) is 3.83. The zero-order chi connectivity index (χ0) is 19.8. The van der Waals surface area contributed by atoms with Crippen LogP contribution in [-0.2, 0) is 24.3 Å². The molecule has 1 amide bonds. The number of rotatable bonds is 4. The molecule has 2 saturated heterocycles. The van der Waals surface area contributed by atoms with Crippen LogP contribution in [0.4, 0.5) is 0 Å². The molecule has 3 aliphatic heterocycles. The van der Waals surface area contributed by atoms with Gasteiger partial charge in [-0.05, 0) is 50.3 Å². The molecular weight excluding hydrogens is 362 g/mol. The van der Waals surface area contributed by atoms with Crippen molar-refractivity contribution in [3.05, 3.63) is 53.6 Å². The molecular formula is C23H31N5O. The van der Waals surface area contributed by atoms with Crippen molar-refractivity contribution >= 4 is 5.91 Å². The predicted molar refractivity (Wildman–Crippen MR) is 112 cm³/mol. The lowest BCUT2D eigenvalue weighted by atomic mass is 9.81. The van der Waals surface area contributed by atoms with E-state index in [4.69, 9.17) is 0 Å². The second-order valence-electron chi connectivity index (χ2n) is 9.07. The van der Waals surface area contributed by atoms with Crippen LogP contribution in [-0.4, -0.2) is 56.9 Å². The number of aromatic nitrogens is 2. The molecule has 2 aromatic rings. The molecule has 5 rings (SSSR count). The predicted octanol–water partition coefficient (Wildman–Crippen LogP) is 2.47. The van der Waals surface area contributed by atoms with Crippen LogP contribution in [0.2, 0.25) is 0 Å². The minimum Gasteiger partial charge on any atom is -0.352 e. The molecule has 0 radical (unpaired) electrons. The summed E-state index contributed by atoms with van der Waals surface area (Å²) in [5.74, 6) is 0.201. The zero-order valence-electron chi connectivity index (χ0n) is 17.2. The second kappa shape index (κ2) is 7.92. The van der Waals surface area contributed by atoms with Crippen LogP contribution < -0.4 is 5.32 Å². The molecule has 2 fully saturated rings. The Hall–Kier alpha value is -2.18. The molecule has 154 valence electrons. The lowest BCUT2D eigenvalue weighted by molar-refractivity contribution is -0.128. The summed E-state index contributed by atoms with van der Waals surface area (Å²) in [6.45, 7) is 1.79. The highest BCUT2D eigenvalue weighted by Crippen LogP contribution is 2.35. The molecule has 0 spiro atoms. The first-order valence-electron chi connectivity index (χ1n) is 11.0. The third-order valence-electron chi connectivity index (χ3n) is 7.17. The highest BCUT2D eigenvalue weighted by atomic mass is 16.2. The molecule has 0 aliphatic carbocycles. The standard InChI is InChI=1S/C23H31N5O/c1-27-13-17-6-3-2-5-16(17)9-22(27)23(29)26-18-10-20-7-4-8-21(11-18)28(20)14-19-12-24-15-25-19/h2-3,5-6,12,15,18,20-22H,4,7-11,13-14H2,1H3,(H,24,25)(H,26,29)/t18?,20-,21+,22?. The summed E-state index contributed by atoms with van der Waals surface area (Å²) in [6.07, 6.45) is 10.4. The second-order valence-corrected chi connectivity index (χ2v) is 9.07. The number of nitrogens with one attached hydrogen (secondary N) is 2. The fourth-order valence-corrected chi connectivity index (χ4v) is 5.67. The van der Waals surface area contributed by atoms with Crippen molar-refractivity contribution in [3.63, 3.8) is 0 Å². The normalized spacial score (nSPS) is 30.0. The fraction of sp³-hybridized carbons (Fsp3) is 0.565. The number of hydrogen-bond donors (Lipinski definition) is 2. The molecule has 3 aliphatic rings. The van der Waals surface area contributed by atoms with E-state index in [9.17, 15) is 4.79 Å². The first-order chi connectivity index (χ1) is 14.2. The maximum atomic E-state index is 13.2. The van der Waals surface area contributed by atoms with Gasteiger partial charge in [0.25, 0.3) is 0 Å². The van der Waals surface area contributed by atoms with Crippen LogP contribution in [0, 0.1) is 0 Å². The number of imidazole rings is 1. The molecule has 1 aromatic heterocycles. The summed E-state index contributed by atoms with van der Waals surface area (Å²) in [5.41, 5.74) is 3.85. The first kappa shape index (κ1) is 18.8. The van der Waals surface area contributed by atoms with Crippen molar-refractivity contribution in [1.29, 1.82) is 0 Å². The van der Waals surface area contributed by atoms with Gasteiger partial charge in [0.15, 0.2) is 0 Å². The Labute approximate surface area is 172 Å². The molecule has 2 unspecified atom stereocenters. The number of amides is 1. The topological polar surface area (TPSA) is 64.3 Å². The first-order valence-corrected chi connectivity index (χ1v) is 11.0. The minimum absolute atomic E-state index is 0.0623. The Kier molecular flexibility index (Phi) is 5.14. The summed E-state index contributed by atoms with van der Waals surface area (Å²) in [6, 6.07) is 9.85. The maximum Gasteiger partial charge on any atom is 0.237 e. The number of H-pyrrole nitrogens is 1. The Bertz CT molecular complexity index is 837. The van der Waals surface area contributed by atoms with Gasteiger partial charge < -0.3 is 10.3 Å². The van der Waals surface area contributed by atoms with Crippen LogP contribution in [0.25, 0.3) is 0 Å². The van der Waals surface area contributed by atoms with E-state index in [1.54, 1.807) is 6.33 Å². The average Bonchev–Trinajstić information content (AvgIpc) is 3.21. The number of piperidine rings is 2. The van der Waals surface area contributed by atoms with E-state index in [-0.39, 0.29) is 11.9 Å². The van der Waals surface area contributed by atoms with E-state index in [0.29, 0.717) is 18.1 Å². The van der Waals surface area contributed by atoms with E-state index < -0.39 is 0 Å². The monoisotopic (exact) mass is 393 g/mol. The molecule has 1 aromatic carbocycles. The van der Waals surface area contributed by atoms with Gasteiger partial charge in [-0.2, -0.15) is 0 Å². The minimum atomic E-state index is -0.0623. The van der Waals surface area contributed by atoms with Crippen molar-refractivity contribution in [2.75, 3.05) is 7.05 Å². The maximum absolute atomic E-state index is 13.2. The van der Waals surface area contributed by atoms with E-state index in [1.807, 2.05) is 6.20 Å². The van der Waals surface area contributed by atoms with Gasteiger partial charge in [0.05, 0.1) is 12.4 Å². The molecule has 2 bridgehead atoms. The Balaban J connectivity index is 1.23. The number of benzene rings is 1. The highest BCUT2D eigenvalue weighted by Gasteiger charge is 2.40. The van der Waals surface area contributed by atoms with Crippen molar-refractivity contribution in [2.45, 2.75) is 75.8 Å². The van der Waals surface area contributed by atoms with Crippen molar-refractivity contribution in [3.8, 4) is 0 Å². The number of nitrogens with zero attached hydrogens (tertiary/aromatic N) is 3. The lowest BCUT2D eigenvalue weighted by Crippen LogP contribution is -2.58. The fourth-order valence-electron chi connectivity index (χ4n) is 5.67. The van der Waals surface area contributed by atoms with E-state index in [1.165, 1.54) is 36.1 Å². The largest absolute Gasteiger partial charge is 0.352 e. The lowest BCUT2D eigenvalue weighted by Gasteiger charge is -2.49. The Morgan fingerprint density at radius 1 is 1.21 bits per heavy atom. The number of likely N-dealkylation sites (N-methyl/N-ethyl adjacent to an activating group) is 1. The molecule has 2 N–H and O–H groups in total. The molecule has 6 nitrogen and oxygen atoms in total. The number of carbonyl (C=O) groups is 1. The number of aromatic amines is 1. The van der Waals surface area contributed by atoms with Gasteiger partial charge in [0.1, 0.15) is 0 Å². The molecule has 0 saturated carbocycles. The number of fused-ring (bicyclic) bond motifs is 3. The number of hydrogen-bond acceptors (Lipinski definition) is 4. The van der Waals surface area contributed by atoms with Gasteiger partial charge in [0, 0.05) is 43.1 Å². The third-order valence-corrected chi connectivity index (χ3v) is 7.17. The molecule has 4 heterocycles. The van der Waals surface area contributed by atoms with Crippen molar-refractivity contribution in [2.24, 2.45) is 0 Å². The van der Waals surface area contributed by atoms with Gasteiger partial charge in [-0.25, -0.2) is 4.98 Å².